The van der Waals surface area contributed by atoms with Gasteiger partial charge in [0.15, 0.2) is 12.6 Å². The first-order chi connectivity index (χ1) is 28.5. The molecule has 4 aromatic rings. The summed E-state index contributed by atoms with van der Waals surface area (Å²) < 4.78 is 177. The Kier molecular flexibility index (Phi) is 22.8. The molecule has 4 aromatic carbocycles. The molecule has 1 atom stereocenters. The lowest BCUT2D eigenvalue weighted by molar-refractivity contribution is -0.138. The number of aldehydes is 1. The third-order valence-corrected chi connectivity index (χ3v) is 6.90. The molecule has 9 nitrogen and oxygen atoms in total. The van der Waals surface area contributed by atoms with E-state index in [1.807, 2.05) is 0 Å². The van der Waals surface area contributed by atoms with Gasteiger partial charge in [0.2, 0.25) is 0 Å². The molecule has 0 heterocycles. The number of halogens is 12. The summed E-state index contributed by atoms with van der Waals surface area (Å²) in [5, 5.41) is 17.4. The van der Waals surface area contributed by atoms with Crippen LogP contribution in [-0.4, -0.2) is 76.1 Å². The van der Waals surface area contributed by atoms with Crippen LogP contribution in [0.5, 0.6) is 23.0 Å². The zero-order chi connectivity index (χ0) is 46.3. The predicted molar refractivity (Wildman–Crippen MR) is 195 cm³/mol. The van der Waals surface area contributed by atoms with Crippen LogP contribution in [0.25, 0.3) is 0 Å². The molecular weight excluding hydrogens is 852 g/mol. The van der Waals surface area contributed by atoms with Crippen LogP contribution < -0.4 is 18.9 Å². The lowest BCUT2D eigenvalue weighted by Gasteiger charge is -2.15. The number of hydrogen-bond donors (Lipinski definition) is 2. The number of methoxy groups -OCH3 is 2. The highest BCUT2D eigenvalue weighted by atomic mass is 19.4. The van der Waals surface area contributed by atoms with E-state index in [-0.39, 0.29) is 49.4 Å². The monoisotopic (exact) mass is 892 g/mol. The Hall–Kier alpha value is -5.51. The number of benzene rings is 4. The van der Waals surface area contributed by atoms with Crippen LogP contribution in [0.4, 0.5) is 52.7 Å². The van der Waals surface area contributed by atoms with Crippen LogP contribution in [0.1, 0.15) is 22.3 Å². The first kappa shape index (κ1) is 53.5. The van der Waals surface area contributed by atoms with Crippen molar-refractivity contribution in [2.45, 2.75) is 37.1 Å². The summed E-state index contributed by atoms with van der Waals surface area (Å²) in [6.07, 6.45) is -17.3. The van der Waals surface area contributed by atoms with Gasteiger partial charge >= 0.3 is 24.7 Å². The average molecular weight is 893 g/mol. The fourth-order valence-corrected chi connectivity index (χ4v) is 3.98. The number of carbonyl (C=O) groups excluding carboxylic acids is 1. The van der Waals surface area contributed by atoms with Gasteiger partial charge in [-0.2, -0.15) is 52.7 Å². The molecule has 0 bridgehead atoms. The zero-order valence-electron chi connectivity index (χ0n) is 32.1. The van der Waals surface area contributed by atoms with Crippen molar-refractivity contribution in [1.82, 2.24) is 0 Å². The molecule has 61 heavy (non-hydrogen) atoms. The third kappa shape index (κ3) is 22.1. The molecule has 0 aromatic heterocycles. The van der Waals surface area contributed by atoms with Gasteiger partial charge in [0, 0.05) is 14.2 Å². The van der Waals surface area contributed by atoms with Crippen molar-refractivity contribution in [2.75, 3.05) is 47.3 Å². The maximum atomic E-state index is 12.4. The van der Waals surface area contributed by atoms with E-state index in [0.717, 1.165) is 48.5 Å². The second kappa shape index (κ2) is 26.0. The van der Waals surface area contributed by atoms with Gasteiger partial charge in [-0.05, 0) is 72.8 Å². The van der Waals surface area contributed by atoms with Crippen molar-refractivity contribution in [3.8, 4) is 23.0 Å². The number of carbonyl (C=O) groups is 1. The van der Waals surface area contributed by atoms with Crippen LogP contribution in [0, 0.1) is 0 Å². The summed E-state index contributed by atoms with van der Waals surface area (Å²) in [4.78, 5) is 9.91. The van der Waals surface area contributed by atoms with Crippen LogP contribution in [0.3, 0.4) is 0 Å². The Balaban J connectivity index is 0.000000408. The molecule has 0 aliphatic heterocycles. The molecule has 0 saturated carbocycles. The smallest absolute Gasteiger partial charge is 0.416 e. The quantitative estimate of drug-likeness (QED) is 0.0522. The van der Waals surface area contributed by atoms with Crippen LogP contribution in [0.15, 0.2) is 110 Å². The maximum absolute atomic E-state index is 12.4. The number of aliphatic hydroxyl groups excluding tert-OH is 2. The first-order valence-corrected chi connectivity index (χ1v) is 17.1. The Morgan fingerprint density at radius 3 is 1.13 bits per heavy atom. The summed E-state index contributed by atoms with van der Waals surface area (Å²) >= 11 is 0. The topological polar surface area (TPSA) is 113 Å². The Morgan fingerprint density at radius 2 is 0.852 bits per heavy atom. The second-order valence-electron chi connectivity index (χ2n) is 11.5. The van der Waals surface area contributed by atoms with E-state index < -0.39 is 66.0 Å². The number of aliphatic hydroxyl groups is 2. The normalized spacial score (nSPS) is 12.0. The van der Waals surface area contributed by atoms with E-state index in [4.69, 9.17) is 38.6 Å². The third-order valence-electron chi connectivity index (χ3n) is 6.90. The summed E-state index contributed by atoms with van der Waals surface area (Å²) in [5.74, 6) is 0.355. The Bertz CT molecular complexity index is 1800. The summed E-state index contributed by atoms with van der Waals surface area (Å²) in [6, 6.07) is 18.1. The largest absolute Gasteiger partial charge is 0.491 e. The number of alkyl halides is 12. The van der Waals surface area contributed by atoms with Gasteiger partial charge in [-0.1, -0.05) is 36.9 Å². The molecule has 0 amide bonds. The molecule has 21 heteroatoms. The number of ether oxygens (including phenoxy) is 6. The zero-order valence-corrected chi connectivity index (χ0v) is 32.1. The van der Waals surface area contributed by atoms with Crippen molar-refractivity contribution in [2.24, 2.45) is 0 Å². The Labute approximate surface area is 341 Å². The fourth-order valence-electron chi connectivity index (χ4n) is 3.98. The summed E-state index contributed by atoms with van der Waals surface area (Å²) in [5.41, 5.74) is -3.06. The van der Waals surface area contributed by atoms with Gasteiger partial charge in [-0.3, -0.25) is 4.79 Å². The highest BCUT2D eigenvalue weighted by Gasteiger charge is 2.33. The summed E-state index contributed by atoms with van der Waals surface area (Å²) in [6.45, 7) is 2.62. The molecule has 0 aliphatic rings. The van der Waals surface area contributed by atoms with Gasteiger partial charge in [-0.15, -0.1) is 0 Å². The van der Waals surface area contributed by atoms with Gasteiger partial charge in [0.1, 0.15) is 55.5 Å². The second-order valence-corrected chi connectivity index (χ2v) is 11.5. The number of hydrogen-bond acceptors (Lipinski definition) is 9. The number of rotatable bonds is 15. The minimum atomic E-state index is -4.42. The SMILES string of the molecule is C=CCOc1cccc(C(F)(F)F)c1.COC(COc1cccc(C(F)(F)F)c1)OC.O=CCOc1cccc(C(F)(F)F)c1.OCC(O)COc1cccc(C(F)(F)F)c1. The van der Waals surface area contributed by atoms with Crippen molar-refractivity contribution in [3.05, 3.63) is 132 Å². The highest BCUT2D eigenvalue weighted by molar-refractivity contribution is 5.51. The van der Waals surface area contributed by atoms with Crippen LogP contribution in [-0.2, 0) is 39.0 Å². The molecule has 0 spiro atoms. The lowest BCUT2D eigenvalue weighted by Crippen LogP contribution is -2.22. The van der Waals surface area contributed by atoms with E-state index in [1.165, 1.54) is 68.8 Å². The Morgan fingerprint density at radius 1 is 0.541 bits per heavy atom. The van der Waals surface area contributed by atoms with Gasteiger partial charge in [0.05, 0.1) is 28.9 Å². The molecular formula is C40H40F12O9. The highest BCUT2D eigenvalue weighted by Crippen LogP contribution is 2.34. The minimum Gasteiger partial charge on any atom is -0.491 e. The summed E-state index contributed by atoms with van der Waals surface area (Å²) in [7, 11) is 2.84. The lowest BCUT2D eigenvalue weighted by atomic mass is 10.2. The molecule has 0 radical (unpaired) electrons. The first-order valence-electron chi connectivity index (χ1n) is 17.1. The minimum absolute atomic E-state index is 0.00215. The van der Waals surface area contributed by atoms with Crippen molar-refractivity contribution >= 4 is 6.29 Å². The molecule has 2 N–H and O–H groups in total. The van der Waals surface area contributed by atoms with E-state index >= 15 is 0 Å². The van der Waals surface area contributed by atoms with Crippen LogP contribution in [0.2, 0.25) is 0 Å². The van der Waals surface area contributed by atoms with Crippen molar-refractivity contribution in [3.63, 3.8) is 0 Å². The predicted octanol–water partition coefficient (Wildman–Crippen LogP) is 9.69. The van der Waals surface area contributed by atoms with E-state index in [0.29, 0.717) is 6.29 Å². The molecule has 0 aliphatic carbocycles. The van der Waals surface area contributed by atoms with Gasteiger partial charge in [-0.25, -0.2) is 0 Å². The van der Waals surface area contributed by atoms with Crippen molar-refractivity contribution < 1.29 is 96.1 Å². The molecule has 0 fully saturated rings. The molecule has 1 unspecified atom stereocenters. The van der Waals surface area contributed by atoms with Gasteiger partial charge in [0.25, 0.3) is 0 Å². The molecule has 338 valence electrons. The van der Waals surface area contributed by atoms with E-state index in [9.17, 15) is 57.5 Å². The molecule has 4 rings (SSSR count). The fraction of sp³-hybridized carbons (Fsp3) is 0.325. The van der Waals surface area contributed by atoms with E-state index in [1.54, 1.807) is 0 Å². The standard InChI is InChI=1S/C11H13F3O3.C10H11F3O3.C10H9F3O.C9H7F3O2/c1-15-10(16-2)7-17-9-5-3-4-8(6-9)11(12,13)14;11-10(12,13)7-2-1-3-9(4-7)16-6-8(15)5-14;1-2-6-14-9-5-3-4-8(7-9)10(11,12)13;10-9(11,12)7-2-1-3-8(6-7)14-5-4-13/h3-6,10H,7H2,1-2H3;1-4,8,14-15H,5-6H2;2-5,7H,1,6H2;1-4,6H,5H2. The van der Waals surface area contributed by atoms with Crippen molar-refractivity contribution in [1.29, 1.82) is 0 Å². The van der Waals surface area contributed by atoms with Crippen LogP contribution >= 0.6 is 0 Å². The average Bonchev–Trinajstić information content (AvgIpc) is 3.21. The maximum Gasteiger partial charge on any atom is 0.416 e. The molecule has 0 saturated heterocycles. The van der Waals surface area contributed by atoms with Gasteiger partial charge < -0.3 is 38.6 Å². The van der Waals surface area contributed by atoms with E-state index in [2.05, 4.69) is 6.58 Å².